The Kier molecular flexibility index (Phi) is 4.02. The number of nitrogens with one attached hydrogen (secondary N) is 1. The Morgan fingerprint density at radius 1 is 1.22 bits per heavy atom. The molecule has 2 heterocycles. The number of anilines is 1. The van der Waals surface area contributed by atoms with Crippen molar-refractivity contribution in [1.82, 2.24) is 4.98 Å². The summed E-state index contributed by atoms with van der Waals surface area (Å²) in [6.45, 7) is 8.47. The van der Waals surface area contributed by atoms with Crippen LogP contribution in [0, 0.1) is 13.8 Å². The van der Waals surface area contributed by atoms with Crippen LogP contribution in [0.5, 0.6) is 0 Å². The molecule has 0 saturated carbocycles. The molecule has 18 heavy (non-hydrogen) atoms. The van der Waals surface area contributed by atoms with Crippen LogP contribution >= 0.6 is 11.3 Å². The molecule has 0 bridgehead atoms. The molecule has 1 atom stereocenters. The molecule has 0 fully saturated rings. The second-order valence-electron chi connectivity index (χ2n) is 4.61. The van der Waals surface area contributed by atoms with E-state index in [-0.39, 0.29) is 0 Å². The van der Waals surface area contributed by atoms with Gasteiger partial charge in [0.15, 0.2) is 0 Å². The van der Waals surface area contributed by atoms with Gasteiger partial charge in [-0.25, -0.2) is 0 Å². The van der Waals surface area contributed by atoms with Gasteiger partial charge in [0.2, 0.25) is 0 Å². The third-order valence-corrected chi connectivity index (χ3v) is 4.47. The van der Waals surface area contributed by atoms with Gasteiger partial charge in [0.1, 0.15) is 0 Å². The Hall–Kier alpha value is -1.35. The Morgan fingerprint density at radius 3 is 2.61 bits per heavy atom. The largest absolute Gasteiger partial charge is 0.376 e. The number of hydrogen-bond acceptors (Lipinski definition) is 3. The van der Waals surface area contributed by atoms with Crippen LogP contribution in [0.1, 0.15) is 41.0 Å². The lowest BCUT2D eigenvalue weighted by molar-refractivity contribution is 0.900. The molecule has 0 aliphatic heterocycles. The SMILES string of the molecule is CCc1ccc(C(C)Nc2ccc(C)nc2C)s1. The minimum atomic E-state index is 0.332. The van der Waals surface area contributed by atoms with E-state index < -0.39 is 0 Å². The van der Waals surface area contributed by atoms with Crippen molar-refractivity contribution in [2.24, 2.45) is 0 Å². The second-order valence-corrected chi connectivity index (χ2v) is 5.81. The number of thiophene rings is 1. The fraction of sp³-hybridized carbons (Fsp3) is 0.400. The fourth-order valence-electron chi connectivity index (χ4n) is 1.96. The predicted molar refractivity (Wildman–Crippen MR) is 79.4 cm³/mol. The van der Waals surface area contributed by atoms with E-state index in [2.05, 4.69) is 42.3 Å². The van der Waals surface area contributed by atoms with Gasteiger partial charge >= 0.3 is 0 Å². The minimum Gasteiger partial charge on any atom is -0.376 e. The monoisotopic (exact) mass is 260 g/mol. The third kappa shape index (κ3) is 2.91. The van der Waals surface area contributed by atoms with E-state index >= 15 is 0 Å². The van der Waals surface area contributed by atoms with Crippen LogP contribution in [0.15, 0.2) is 24.3 Å². The normalized spacial score (nSPS) is 12.4. The minimum absolute atomic E-state index is 0.332. The lowest BCUT2D eigenvalue weighted by Crippen LogP contribution is -2.07. The molecule has 0 aliphatic rings. The van der Waals surface area contributed by atoms with Crippen LogP contribution < -0.4 is 5.32 Å². The number of nitrogens with zero attached hydrogens (tertiary/aromatic N) is 1. The molecule has 0 spiro atoms. The van der Waals surface area contributed by atoms with Crippen molar-refractivity contribution in [3.8, 4) is 0 Å². The molecule has 2 aromatic rings. The van der Waals surface area contributed by atoms with Crippen molar-refractivity contribution in [2.75, 3.05) is 5.32 Å². The molecular formula is C15H20N2S. The molecule has 2 nitrogen and oxygen atoms in total. The van der Waals surface area contributed by atoms with E-state index in [1.807, 2.05) is 31.3 Å². The van der Waals surface area contributed by atoms with Crippen molar-refractivity contribution < 1.29 is 0 Å². The zero-order chi connectivity index (χ0) is 13.1. The van der Waals surface area contributed by atoms with Crippen LogP contribution in [0.3, 0.4) is 0 Å². The highest BCUT2D eigenvalue weighted by atomic mass is 32.1. The Labute approximate surface area is 113 Å². The van der Waals surface area contributed by atoms with Gasteiger partial charge in [0.25, 0.3) is 0 Å². The summed E-state index contributed by atoms with van der Waals surface area (Å²) in [6.07, 6.45) is 1.11. The number of aromatic nitrogens is 1. The van der Waals surface area contributed by atoms with Crippen LogP contribution in [0.2, 0.25) is 0 Å². The average Bonchev–Trinajstić information content (AvgIpc) is 2.81. The van der Waals surface area contributed by atoms with Crippen molar-refractivity contribution in [3.63, 3.8) is 0 Å². The topological polar surface area (TPSA) is 24.9 Å². The molecule has 96 valence electrons. The zero-order valence-electron chi connectivity index (χ0n) is 11.4. The van der Waals surface area contributed by atoms with Gasteiger partial charge in [-0.3, -0.25) is 4.98 Å². The lowest BCUT2D eigenvalue weighted by atomic mass is 10.2. The molecule has 0 aromatic carbocycles. The van der Waals surface area contributed by atoms with E-state index in [9.17, 15) is 0 Å². The maximum absolute atomic E-state index is 4.48. The third-order valence-electron chi connectivity index (χ3n) is 3.05. The Morgan fingerprint density at radius 2 is 2.00 bits per heavy atom. The molecule has 3 heteroatoms. The summed E-state index contributed by atoms with van der Waals surface area (Å²) in [7, 11) is 0. The summed E-state index contributed by atoms with van der Waals surface area (Å²) in [5.74, 6) is 0. The Bertz CT molecular complexity index is 531. The number of aryl methyl sites for hydroxylation is 3. The molecule has 2 aromatic heterocycles. The maximum atomic E-state index is 4.48. The summed E-state index contributed by atoms with van der Waals surface area (Å²) < 4.78 is 0. The van der Waals surface area contributed by atoms with E-state index in [1.165, 1.54) is 9.75 Å². The van der Waals surface area contributed by atoms with Gasteiger partial charge in [-0.05, 0) is 51.5 Å². The molecule has 0 saturated heterocycles. The number of pyridine rings is 1. The standard InChI is InChI=1S/C15H20N2S/c1-5-13-7-9-15(18-13)12(4)17-14-8-6-10(2)16-11(14)3/h6-9,12,17H,5H2,1-4H3. The first kappa shape index (κ1) is 13.1. The first-order chi connectivity index (χ1) is 8.60. The quantitative estimate of drug-likeness (QED) is 0.875. The molecule has 1 unspecified atom stereocenters. The summed E-state index contributed by atoms with van der Waals surface area (Å²) >= 11 is 1.89. The maximum Gasteiger partial charge on any atom is 0.0607 e. The zero-order valence-corrected chi connectivity index (χ0v) is 12.3. The molecular weight excluding hydrogens is 240 g/mol. The Balaban J connectivity index is 2.13. The van der Waals surface area contributed by atoms with Crippen LogP contribution in [0.25, 0.3) is 0 Å². The smallest absolute Gasteiger partial charge is 0.0607 e. The van der Waals surface area contributed by atoms with E-state index in [1.54, 1.807) is 0 Å². The van der Waals surface area contributed by atoms with Gasteiger partial charge in [-0.2, -0.15) is 0 Å². The lowest BCUT2D eigenvalue weighted by Gasteiger charge is -2.15. The second kappa shape index (κ2) is 5.53. The first-order valence-corrected chi connectivity index (χ1v) is 7.21. The molecule has 1 N–H and O–H groups in total. The summed E-state index contributed by atoms with van der Waals surface area (Å²) in [5, 5.41) is 3.54. The first-order valence-electron chi connectivity index (χ1n) is 6.39. The van der Waals surface area contributed by atoms with Crippen molar-refractivity contribution in [3.05, 3.63) is 45.4 Å². The number of rotatable bonds is 4. The summed E-state index contributed by atoms with van der Waals surface area (Å²) in [5.41, 5.74) is 3.25. The highest BCUT2D eigenvalue weighted by Gasteiger charge is 2.09. The highest BCUT2D eigenvalue weighted by molar-refractivity contribution is 7.12. The predicted octanol–water partition coefficient (Wildman–Crippen LogP) is 4.50. The molecule has 2 rings (SSSR count). The van der Waals surface area contributed by atoms with Gasteiger partial charge in [-0.15, -0.1) is 11.3 Å². The molecule has 0 amide bonds. The van der Waals surface area contributed by atoms with Crippen molar-refractivity contribution >= 4 is 17.0 Å². The average molecular weight is 260 g/mol. The van der Waals surface area contributed by atoms with E-state index in [0.717, 1.165) is 23.5 Å². The van der Waals surface area contributed by atoms with Crippen molar-refractivity contribution in [2.45, 2.75) is 40.2 Å². The van der Waals surface area contributed by atoms with Crippen molar-refractivity contribution in [1.29, 1.82) is 0 Å². The summed E-state index contributed by atoms with van der Waals surface area (Å²) in [6, 6.07) is 8.94. The van der Waals surface area contributed by atoms with Gasteiger partial charge in [0.05, 0.1) is 17.4 Å². The van der Waals surface area contributed by atoms with Crippen LogP contribution in [0.4, 0.5) is 5.69 Å². The van der Waals surface area contributed by atoms with Gasteiger partial charge < -0.3 is 5.32 Å². The van der Waals surface area contributed by atoms with E-state index in [0.29, 0.717) is 6.04 Å². The fourth-order valence-corrected chi connectivity index (χ4v) is 2.92. The van der Waals surface area contributed by atoms with Crippen LogP contribution in [-0.4, -0.2) is 4.98 Å². The molecule has 0 radical (unpaired) electrons. The van der Waals surface area contributed by atoms with Gasteiger partial charge in [0, 0.05) is 15.4 Å². The van der Waals surface area contributed by atoms with Crippen LogP contribution in [-0.2, 0) is 6.42 Å². The number of hydrogen-bond donors (Lipinski definition) is 1. The highest BCUT2D eigenvalue weighted by Crippen LogP contribution is 2.27. The molecule has 0 aliphatic carbocycles. The summed E-state index contributed by atoms with van der Waals surface area (Å²) in [4.78, 5) is 7.31. The van der Waals surface area contributed by atoms with E-state index in [4.69, 9.17) is 0 Å². The van der Waals surface area contributed by atoms with Gasteiger partial charge in [-0.1, -0.05) is 6.92 Å².